The number of hydrogen-bond donors (Lipinski definition) is 1. The highest BCUT2D eigenvalue weighted by Crippen LogP contribution is 2.25. The zero-order valence-electron chi connectivity index (χ0n) is 12.4. The first-order valence-corrected chi connectivity index (χ1v) is 9.12. The summed E-state index contributed by atoms with van der Waals surface area (Å²) < 4.78 is 26.0. The molecule has 2 rings (SSSR count). The molecule has 2 aromatic rings. The van der Waals surface area contributed by atoms with Crippen molar-refractivity contribution in [2.24, 2.45) is 0 Å². The quantitative estimate of drug-likeness (QED) is 0.826. The van der Waals surface area contributed by atoms with Gasteiger partial charge in [0.25, 0.3) is 5.91 Å². The van der Waals surface area contributed by atoms with Crippen LogP contribution < -0.4 is 5.32 Å². The van der Waals surface area contributed by atoms with Gasteiger partial charge in [-0.2, -0.15) is 0 Å². The molecule has 1 N–H and O–H groups in total. The lowest BCUT2D eigenvalue weighted by Crippen LogP contribution is -2.23. The predicted molar refractivity (Wildman–Crippen MR) is 94.4 cm³/mol. The second kappa shape index (κ2) is 7.00. The van der Waals surface area contributed by atoms with Gasteiger partial charge >= 0.3 is 0 Å². The van der Waals surface area contributed by atoms with Crippen molar-refractivity contribution in [3.05, 3.63) is 57.5 Å². The molecule has 0 saturated carbocycles. The van der Waals surface area contributed by atoms with Gasteiger partial charge in [-0.1, -0.05) is 11.6 Å². The summed E-state index contributed by atoms with van der Waals surface area (Å²) in [5, 5.41) is 3.25. The Morgan fingerprint density at radius 1 is 1.13 bits per heavy atom. The molecule has 5 nitrogen and oxygen atoms in total. The molecule has 0 unspecified atom stereocenters. The van der Waals surface area contributed by atoms with E-state index in [1.54, 1.807) is 30.3 Å². The molecule has 0 bridgehead atoms. The van der Waals surface area contributed by atoms with Crippen LogP contribution in [-0.2, 0) is 10.0 Å². The van der Waals surface area contributed by atoms with Gasteiger partial charge in [-0.15, -0.1) is 0 Å². The van der Waals surface area contributed by atoms with Crippen molar-refractivity contribution in [1.29, 1.82) is 0 Å². The lowest BCUT2D eigenvalue weighted by molar-refractivity contribution is 0.102. The van der Waals surface area contributed by atoms with Crippen LogP contribution in [-0.4, -0.2) is 32.7 Å². The van der Waals surface area contributed by atoms with Crippen LogP contribution in [0.4, 0.5) is 5.69 Å². The number of sulfonamides is 1. The van der Waals surface area contributed by atoms with Crippen molar-refractivity contribution in [2.45, 2.75) is 4.90 Å². The Hall–Kier alpha value is -1.41. The van der Waals surface area contributed by atoms with Crippen molar-refractivity contribution in [1.82, 2.24) is 4.31 Å². The zero-order valence-corrected chi connectivity index (χ0v) is 15.5. The van der Waals surface area contributed by atoms with Crippen molar-refractivity contribution in [2.75, 3.05) is 19.4 Å². The van der Waals surface area contributed by atoms with Crippen molar-refractivity contribution in [3.63, 3.8) is 0 Å². The third kappa shape index (κ3) is 4.11. The fraction of sp³-hybridized carbons (Fsp3) is 0.133. The van der Waals surface area contributed by atoms with Gasteiger partial charge in [0.05, 0.1) is 4.90 Å². The molecule has 0 atom stereocenters. The Morgan fingerprint density at radius 3 is 2.30 bits per heavy atom. The predicted octanol–water partition coefficient (Wildman–Crippen LogP) is 3.61. The van der Waals surface area contributed by atoms with Crippen molar-refractivity contribution in [3.8, 4) is 0 Å². The molecular weight excluding hydrogens is 404 g/mol. The van der Waals surface area contributed by atoms with Gasteiger partial charge in [-0.05, 0) is 58.4 Å². The van der Waals surface area contributed by atoms with E-state index in [2.05, 4.69) is 21.2 Å². The molecule has 2 aromatic carbocycles. The Morgan fingerprint density at radius 2 is 1.74 bits per heavy atom. The van der Waals surface area contributed by atoms with Gasteiger partial charge in [0, 0.05) is 34.8 Å². The number of carbonyl (C=O) groups is 1. The molecule has 122 valence electrons. The summed E-state index contributed by atoms with van der Waals surface area (Å²) in [5.74, 6) is -0.407. The lowest BCUT2D eigenvalue weighted by atomic mass is 10.2. The molecule has 0 fully saturated rings. The van der Waals surface area contributed by atoms with E-state index < -0.39 is 15.9 Å². The van der Waals surface area contributed by atoms with Crippen LogP contribution in [0.25, 0.3) is 0 Å². The fourth-order valence-electron chi connectivity index (χ4n) is 1.78. The zero-order chi connectivity index (χ0) is 17.2. The van der Waals surface area contributed by atoms with Gasteiger partial charge in [0.15, 0.2) is 0 Å². The van der Waals surface area contributed by atoms with E-state index in [4.69, 9.17) is 11.6 Å². The minimum absolute atomic E-state index is 0.0336. The maximum atomic E-state index is 12.3. The number of anilines is 1. The minimum atomic E-state index is -3.65. The summed E-state index contributed by atoms with van der Waals surface area (Å²) in [7, 11) is -0.788. The average molecular weight is 418 g/mol. The SMILES string of the molecule is CN(C)S(=O)(=O)c1cc(C(=O)Nc2ccc(Cl)cc2)ccc1Br. The summed E-state index contributed by atoms with van der Waals surface area (Å²) in [4.78, 5) is 12.3. The Labute approximate surface area is 148 Å². The van der Waals surface area contributed by atoms with Crippen LogP contribution in [0.2, 0.25) is 5.02 Å². The van der Waals surface area contributed by atoms with Crippen LogP contribution in [0.15, 0.2) is 51.8 Å². The normalized spacial score (nSPS) is 11.5. The van der Waals surface area contributed by atoms with Gasteiger partial charge in [-0.3, -0.25) is 4.79 Å². The van der Waals surface area contributed by atoms with Crippen molar-refractivity contribution >= 4 is 49.1 Å². The third-order valence-corrected chi connectivity index (χ3v) is 6.12. The van der Waals surface area contributed by atoms with E-state index in [0.717, 1.165) is 4.31 Å². The lowest BCUT2D eigenvalue weighted by Gasteiger charge is -2.14. The summed E-state index contributed by atoms with van der Waals surface area (Å²) in [5.41, 5.74) is 0.808. The number of rotatable bonds is 4. The highest BCUT2D eigenvalue weighted by molar-refractivity contribution is 9.10. The molecule has 0 aliphatic heterocycles. The molecule has 8 heteroatoms. The molecule has 1 amide bonds. The molecule has 0 heterocycles. The van der Waals surface area contributed by atoms with Gasteiger partial charge in [-0.25, -0.2) is 12.7 Å². The summed E-state index contributed by atoms with van der Waals surface area (Å²) in [6.07, 6.45) is 0. The smallest absolute Gasteiger partial charge is 0.255 e. The fourth-order valence-corrected chi connectivity index (χ4v) is 3.75. The highest BCUT2D eigenvalue weighted by Gasteiger charge is 2.22. The molecular formula is C15H14BrClN2O3S. The number of hydrogen-bond acceptors (Lipinski definition) is 3. The first-order valence-electron chi connectivity index (χ1n) is 6.51. The number of nitrogens with zero attached hydrogens (tertiary/aromatic N) is 1. The first kappa shape index (κ1) is 17.9. The van der Waals surface area contributed by atoms with Gasteiger partial charge < -0.3 is 5.32 Å². The summed E-state index contributed by atoms with van der Waals surface area (Å²) >= 11 is 9.00. The van der Waals surface area contributed by atoms with E-state index in [-0.39, 0.29) is 10.5 Å². The van der Waals surface area contributed by atoms with Crippen LogP contribution in [0, 0.1) is 0 Å². The largest absolute Gasteiger partial charge is 0.322 e. The summed E-state index contributed by atoms with van der Waals surface area (Å²) in [6, 6.07) is 11.1. The second-order valence-electron chi connectivity index (χ2n) is 4.89. The number of nitrogens with one attached hydrogen (secondary N) is 1. The maximum absolute atomic E-state index is 12.3. The number of benzene rings is 2. The van der Waals surface area contributed by atoms with Crippen molar-refractivity contribution < 1.29 is 13.2 Å². The van der Waals surface area contributed by atoms with Crippen LogP contribution in [0.1, 0.15) is 10.4 Å². The molecule has 0 aliphatic carbocycles. The van der Waals surface area contributed by atoms with Crippen LogP contribution in [0.3, 0.4) is 0 Å². The maximum Gasteiger partial charge on any atom is 0.255 e. The number of carbonyl (C=O) groups excluding carboxylic acids is 1. The standard InChI is InChI=1S/C15H14BrClN2O3S/c1-19(2)23(21,22)14-9-10(3-8-13(14)16)15(20)18-12-6-4-11(17)5-7-12/h3-9H,1-2H3,(H,18,20). The summed E-state index contributed by atoms with van der Waals surface area (Å²) in [6.45, 7) is 0. The molecule has 23 heavy (non-hydrogen) atoms. The first-order chi connectivity index (χ1) is 10.7. The van der Waals surface area contributed by atoms with E-state index in [0.29, 0.717) is 15.2 Å². The van der Waals surface area contributed by atoms with E-state index in [9.17, 15) is 13.2 Å². The molecule has 0 aromatic heterocycles. The second-order valence-corrected chi connectivity index (χ2v) is 8.30. The van der Waals surface area contributed by atoms with Crippen LogP contribution in [0.5, 0.6) is 0 Å². The van der Waals surface area contributed by atoms with Gasteiger partial charge in [0.1, 0.15) is 0 Å². The van der Waals surface area contributed by atoms with E-state index in [1.165, 1.54) is 26.2 Å². The highest BCUT2D eigenvalue weighted by atomic mass is 79.9. The number of halogens is 2. The molecule has 0 spiro atoms. The molecule has 0 radical (unpaired) electrons. The minimum Gasteiger partial charge on any atom is -0.322 e. The Balaban J connectivity index is 2.33. The van der Waals surface area contributed by atoms with Gasteiger partial charge in [0.2, 0.25) is 10.0 Å². The monoisotopic (exact) mass is 416 g/mol. The van der Waals surface area contributed by atoms with E-state index in [1.807, 2.05) is 0 Å². The Kier molecular flexibility index (Phi) is 5.46. The Bertz CT molecular complexity index is 836. The third-order valence-electron chi connectivity index (χ3n) is 3.05. The molecule has 0 aliphatic rings. The van der Waals surface area contributed by atoms with Crippen LogP contribution >= 0.6 is 27.5 Å². The average Bonchev–Trinajstić information content (AvgIpc) is 2.49. The van der Waals surface area contributed by atoms with E-state index >= 15 is 0 Å². The molecule has 0 saturated heterocycles. The number of amides is 1. The topological polar surface area (TPSA) is 66.5 Å².